The molecule has 0 saturated carbocycles. The van der Waals surface area contributed by atoms with Crippen LogP contribution in [-0.4, -0.2) is 45.2 Å². The van der Waals surface area contributed by atoms with Crippen molar-refractivity contribution in [3.05, 3.63) is 35.0 Å². The van der Waals surface area contributed by atoms with Crippen molar-refractivity contribution in [2.24, 2.45) is 0 Å². The van der Waals surface area contributed by atoms with Crippen molar-refractivity contribution < 1.29 is 9.48 Å². The Balaban J connectivity index is 2.34. The van der Waals surface area contributed by atoms with Crippen molar-refractivity contribution in [3.63, 3.8) is 0 Å². The van der Waals surface area contributed by atoms with Crippen molar-refractivity contribution in [1.29, 1.82) is 0 Å². The van der Waals surface area contributed by atoms with Crippen molar-refractivity contribution in [2.75, 3.05) is 14.2 Å². The van der Waals surface area contributed by atoms with E-state index in [1.807, 2.05) is 50.1 Å². The lowest BCUT2D eigenvalue weighted by Crippen LogP contribution is -2.47. The molecule has 0 bridgehead atoms. The molecule has 1 saturated heterocycles. The van der Waals surface area contributed by atoms with E-state index >= 15 is 0 Å². The first-order chi connectivity index (χ1) is 9.37. The molecular formula is C14H18N2O2S2. The molecule has 1 atom stereocenters. The fourth-order valence-corrected chi connectivity index (χ4v) is 3.77. The highest BCUT2D eigenvalue weighted by Crippen LogP contribution is 2.38. The second-order valence-corrected chi connectivity index (χ2v) is 6.89. The third-order valence-electron chi connectivity index (χ3n) is 3.59. The minimum Gasteiger partial charge on any atom is -0.623 e. The Hall–Kier alpha value is -1.27. The third kappa shape index (κ3) is 2.62. The molecule has 0 amide bonds. The Morgan fingerprint density at radius 2 is 2.10 bits per heavy atom. The summed E-state index contributed by atoms with van der Waals surface area (Å²) in [5.74, 6) is 0.685. The first-order valence-corrected chi connectivity index (χ1v) is 7.54. The maximum atomic E-state index is 12.5. The molecule has 1 aromatic rings. The van der Waals surface area contributed by atoms with Gasteiger partial charge >= 0.3 is 0 Å². The van der Waals surface area contributed by atoms with Crippen LogP contribution in [0.25, 0.3) is 0 Å². The molecule has 6 heteroatoms. The van der Waals surface area contributed by atoms with Gasteiger partial charge in [-0.1, -0.05) is 24.4 Å². The average Bonchev–Trinajstić information content (AvgIpc) is 2.63. The zero-order valence-corrected chi connectivity index (χ0v) is 13.6. The summed E-state index contributed by atoms with van der Waals surface area (Å²) in [6, 6.07) is 7.45. The summed E-state index contributed by atoms with van der Waals surface area (Å²) in [7, 11) is 3.52. The number of thiocarbonyl (C=S) groups is 1. The molecule has 108 valence electrons. The van der Waals surface area contributed by atoms with E-state index < -0.39 is 0 Å². The predicted molar refractivity (Wildman–Crippen MR) is 87.6 cm³/mol. The molecule has 0 aromatic heterocycles. The maximum Gasteiger partial charge on any atom is 0.238 e. The van der Waals surface area contributed by atoms with Crippen molar-refractivity contribution >= 4 is 34.5 Å². The third-order valence-corrected chi connectivity index (χ3v) is 5.64. The zero-order chi connectivity index (χ0) is 14.9. The van der Waals surface area contributed by atoms with Gasteiger partial charge in [0.1, 0.15) is 15.6 Å². The number of benzene rings is 1. The summed E-state index contributed by atoms with van der Waals surface area (Å²) in [5, 5.41) is 12.2. The molecule has 0 spiro atoms. The Kier molecular flexibility index (Phi) is 4.25. The largest absolute Gasteiger partial charge is 0.623 e. The number of hydroxylamine groups is 1. The average molecular weight is 310 g/mol. The van der Waals surface area contributed by atoms with Gasteiger partial charge in [-0.25, -0.2) is 0 Å². The van der Waals surface area contributed by atoms with Gasteiger partial charge in [0.05, 0.1) is 12.7 Å². The summed E-state index contributed by atoms with van der Waals surface area (Å²) < 4.78 is 6.98. The molecule has 0 aliphatic carbocycles. The molecule has 20 heavy (non-hydrogen) atoms. The van der Waals surface area contributed by atoms with E-state index in [0.29, 0.717) is 5.75 Å². The van der Waals surface area contributed by atoms with Crippen LogP contribution in [0.3, 0.4) is 0 Å². The normalized spacial score (nSPS) is 22.2. The number of hydrogen-bond acceptors (Lipinski definition) is 4. The fraction of sp³-hybridized carbons (Fsp3) is 0.429. The molecule has 2 rings (SSSR count). The first kappa shape index (κ1) is 15.1. The Bertz CT molecular complexity index is 558. The van der Waals surface area contributed by atoms with Crippen LogP contribution in [0.4, 0.5) is 0 Å². The number of methoxy groups -OCH3 is 1. The van der Waals surface area contributed by atoms with Crippen LogP contribution in [0.5, 0.6) is 5.75 Å². The summed E-state index contributed by atoms with van der Waals surface area (Å²) in [6.07, 6.45) is 1.57. The van der Waals surface area contributed by atoms with Gasteiger partial charge in [0.2, 0.25) is 5.37 Å². The fourth-order valence-electron chi connectivity index (χ4n) is 2.06. The first-order valence-electron chi connectivity index (χ1n) is 6.25. The van der Waals surface area contributed by atoms with Crippen LogP contribution in [0.1, 0.15) is 19.4 Å². The summed E-state index contributed by atoms with van der Waals surface area (Å²) in [6.45, 7) is 4.04. The quantitative estimate of drug-likeness (QED) is 0.282. The molecule has 4 nitrogen and oxygen atoms in total. The molecular weight excluding hydrogens is 292 g/mol. The molecule has 1 aliphatic heterocycles. The molecule has 1 aliphatic rings. The van der Waals surface area contributed by atoms with Crippen molar-refractivity contribution in [2.45, 2.75) is 24.8 Å². The molecule has 1 aromatic carbocycles. The number of rotatable bonds is 3. The van der Waals surface area contributed by atoms with E-state index in [2.05, 4.69) is 0 Å². The number of hydrogen-bond donors (Lipinski definition) is 0. The van der Waals surface area contributed by atoms with Crippen molar-refractivity contribution in [1.82, 2.24) is 4.90 Å². The minimum absolute atomic E-state index is 0.273. The molecule has 1 heterocycles. The highest BCUT2D eigenvalue weighted by atomic mass is 32.2. The van der Waals surface area contributed by atoms with Crippen LogP contribution >= 0.6 is 24.0 Å². The summed E-state index contributed by atoms with van der Waals surface area (Å²) in [5.41, 5.74) is 0.448. The Morgan fingerprint density at radius 1 is 1.45 bits per heavy atom. The van der Waals surface area contributed by atoms with Crippen molar-refractivity contribution in [3.8, 4) is 5.75 Å². The molecule has 1 fully saturated rings. The number of nitrogens with zero attached hydrogens (tertiary/aromatic N) is 2. The second-order valence-electron chi connectivity index (χ2n) is 5.18. The van der Waals surface area contributed by atoms with E-state index in [0.717, 1.165) is 14.6 Å². The minimum atomic E-state index is -0.317. The Labute approximate surface area is 129 Å². The van der Waals surface area contributed by atoms with Gasteiger partial charge in [0.25, 0.3) is 0 Å². The van der Waals surface area contributed by atoms with Crippen LogP contribution in [0, 0.1) is 5.21 Å². The van der Waals surface area contributed by atoms with Gasteiger partial charge in [0.15, 0.2) is 6.21 Å². The van der Waals surface area contributed by atoms with E-state index in [9.17, 15) is 5.21 Å². The van der Waals surface area contributed by atoms with Gasteiger partial charge in [-0.3, -0.25) is 0 Å². The topological polar surface area (TPSA) is 38.5 Å². The second kappa shape index (κ2) is 5.61. The number of thioether (sulfide) groups is 1. The SMILES string of the molecule is COc1ccccc1/C=[N+](\[O-])[C@@H]1SC(=S)N(C)C1(C)C. The van der Waals surface area contributed by atoms with Gasteiger partial charge < -0.3 is 14.8 Å². The number of para-hydroxylation sites is 1. The predicted octanol–water partition coefficient (Wildman–Crippen LogP) is 2.69. The van der Waals surface area contributed by atoms with Gasteiger partial charge in [0, 0.05) is 7.05 Å². The lowest BCUT2D eigenvalue weighted by molar-refractivity contribution is -0.480. The van der Waals surface area contributed by atoms with Gasteiger partial charge in [-0.05, 0) is 37.7 Å². The molecule has 0 unspecified atom stereocenters. The number of likely N-dealkylation sites (N-methyl/N-ethyl adjacent to an activating group) is 1. The maximum absolute atomic E-state index is 12.5. The van der Waals surface area contributed by atoms with E-state index in [1.54, 1.807) is 13.3 Å². The smallest absolute Gasteiger partial charge is 0.238 e. The monoisotopic (exact) mass is 310 g/mol. The van der Waals surface area contributed by atoms with Crippen LogP contribution in [0.2, 0.25) is 0 Å². The van der Waals surface area contributed by atoms with Crippen LogP contribution < -0.4 is 4.74 Å². The van der Waals surface area contributed by atoms with Crippen LogP contribution in [-0.2, 0) is 0 Å². The highest BCUT2D eigenvalue weighted by molar-refractivity contribution is 8.23. The highest BCUT2D eigenvalue weighted by Gasteiger charge is 2.48. The zero-order valence-electron chi connectivity index (χ0n) is 12.0. The lowest BCUT2D eigenvalue weighted by atomic mass is 10.0. The number of ether oxygens (including phenoxy) is 1. The van der Waals surface area contributed by atoms with Crippen LogP contribution in [0.15, 0.2) is 24.3 Å². The molecule has 0 radical (unpaired) electrons. The van der Waals surface area contributed by atoms with Gasteiger partial charge in [-0.15, -0.1) is 0 Å². The van der Waals surface area contributed by atoms with Gasteiger partial charge in [-0.2, -0.15) is 4.74 Å². The molecule has 0 N–H and O–H groups in total. The Morgan fingerprint density at radius 3 is 2.65 bits per heavy atom. The lowest BCUT2D eigenvalue weighted by Gasteiger charge is -2.30. The summed E-state index contributed by atoms with van der Waals surface area (Å²) in [4.78, 5) is 1.97. The summed E-state index contributed by atoms with van der Waals surface area (Å²) >= 11 is 6.71. The van der Waals surface area contributed by atoms with E-state index in [1.165, 1.54) is 11.8 Å². The standard InChI is InChI=1S/C14H18N2O2S2/c1-14(2)12(20-13(19)15(14)3)16(17)9-10-7-5-6-8-11(10)18-4/h5-9,12H,1-4H3/b16-9-/t12-/m1/s1. The van der Waals surface area contributed by atoms with E-state index in [4.69, 9.17) is 17.0 Å². The van der Waals surface area contributed by atoms with E-state index in [-0.39, 0.29) is 10.9 Å².